The van der Waals surface area contributed by atoms with Gasteiger partial charge >= 0.3 is 5.97 Å². The third-order valence-electron chi connectivity index (χ3n) is 3.73. The first-order chi connectivity index (χ1) is 8.78. The minimum atomic E-state index is -0.0992. The quantitative estimate of drug-likeness (QED) is 0.785. The number of esters is 1. The zero-order chi connectivity index (χ0) is 12.5. The summed E-state index contributed by atoms with van der Waals surface area (Å²) >= 11 is 1.82. The maximum Gasteiger partial charge on any atom is 0.315 e. The lowest BCUT2D eigenvalue weighted by atomic mass is 9.91. The van der Waals surface area contributed by atoms with E-state index in [2.05, 4.69) is 0 Å². The monoisotopic (exact) mass is 265 g/mol. The number of hydrogen-bond acceptors (Lipinski definition) is 4. The maximum absolute atomic E-state index is 11.9. The van der Waals surface area contributed by atoms with Crippen LogP contribution in [0.1, 0.15) is 54.1 Å². The van der Waals surface area contributed by atoms with Crippen molar-refractivity contribution in [2.24, 2.45) is 5.92 Å². The smallest absolute Gasteiger partial charge is 0.315 e. The van der Waals surface area contributed by atoms with E-state index in [0.717, 1.165) is 37.3 Å². The second-order valence-electron chi connectivity index (χ2n) is 5.26. The molecule has 1 unspecified atom stereocenters. The van der Waals surface area contributed by atoms with Crippen molar-refractivity contribution < 1.29 is 9.53 Å². The lowest BCUT2D eigenvalue weighted by Crippen LogP contribution is -2.20. The van der Waals surface area contributed by atoms with E-state index in [1.165, 1.54) is 22.7 Å². The normalized spacial score (nSPS) is 22.6. The fraction of sp³-hybridized carbons (Fsp3) is 0.714. The maximum atomic E-state index is 11.9. The lowest BCUT2D eigenvalue weighted by molar-refractivity contribution is -0.145. The summed E-state index contributed by atoms with van der Waals surface area (Å²) < 4.78 is 5.17. The summed E-state index contributed by atoms with van der Waals surface area (Å²) in [6, 6.07) is 0. The Kier molecular flexibility index (Phi) is 3.37. The summed E-state index contributed by atoms with van der Waals surface area (Å²) in [6.45, 7) is 2.32. The van der Waals surface area contributed by atoms with Crippen LogP contribution in [0.5, 0.6) is 0 Å². The van der Waals surface area contributed by atoms with Gasteiger partial charge in [-0.3, -0.25) is 4.79 Å². The predicted molar refractivity (Wildman–Crippen MR) is 70.9 cm³/mol. The average molecular weight is 265 g/mol. The van der Waals surface area contributed by atoms with Crippen molar-refractivity contribution in [3.63, 3.8) is 0 Å². The predicted octanol–water partition coefficient (Wildman–Crippen LogP) is 3.08. The van der Waals surface area contributed by atoms with Crippen LogP contribution in [0.15, 0.2) is 0 Å². The minimum absolute atomic E-state index is 0.0817. The highest BCUT2D eigenvalue weighted by atomic mass is 32.1. The van der Waals surface area contributed by atoms with Crippen LogP contribution in [0, 0.1) is 5.92 Å². The average Bonchev–Trinajstić information content (AvgIpc) is 3.06. The Morgan fingerprint density at radius 1 is 1.44 bits per heavy atom. The molecule has 0 aliphatic heterocycles. The van der Waals surface area contributed by atoms with E-state index >= 15 is 0 Å². The number of fused-ring (bicyclic) bond motifs is 1. The van der Waals surface area contributed by atoms with E-state index in [4.69, 9.17) is 9.72 Å². The molecule has 0 bridgehead atoms. The summed E-state index contributed by atoms with van der Waals surface area (Å²) in [4.78, 5) is 18.0. The van der Waals surface area contributed by atoms with Crippen LogP contribution in [0.25, 0.3) is 0 Å². The number of aromatic nitrogens is 1. The standard InChI is InChI=1S/C14H19NO2S/c1-2-17-14(16)10-4-3-5-11-13(10)15-12(18-11)8-9-6-7-9/h9-10H,2-8H2,1H3. The van der Waals surface area contributed by atoms with Crippen LogP contribution in [0.2, 0.25) is 0 Å². The summed E-state index contributed by atoms with van der Waals surface area (Å²) in [5.74, 6) is 0.679. The fourth-order valence-electron chi connectivity index (χ4n) is 2.60. The first-order valence-electron chi connectivity index (χ1n) is 6.93. The van der Waals surface area contributed by atoms with E-state index in [-0.39, 0.29) is 11.9 Å². The molecule has 0 spiro atoms. The molecule has 1 saturated carbocycles. The third-order valence-corrected chi connectivity index (χ3v) is 4.88. The molecule has 1 atom stereocenters. The van der Waals surface area contributed by atoms with Gasteiger partial charge < -0.3 is 4.74 Å². The molecule has 18 heavy (non-hydrogen) atoms. The molecule has 3 nitrogen and oxygen atoms in total. The summed E-state index contributed by atoms with van der Waals surface area (Å²) in [5.41, 5.74) is 1.03. The van der Waals surface area contributed by atoms with Gasteiger partial charge in [0.2, 0.25) is 0 Å². The van der Waals surface area contributed by atoms with E-state index < -0.39 is 0 Å². The molecule has 0 N–H and O–H groups in total. The Bertz CT molecular complexity index is 451. The molecule has 1 aromatic rings. The molecule has 1 fully saturated rings. The van der Waals surface area contributed by atoms with E-state index in [9.17, 15) is 4.79 Å². The molecular weight excluding hydrogens is 246 g/mol. The Morgan fingerprint density at radius 2 is 2.28 bits per heavy atom. The molecule has 98 valence electrons. The van der Waals surface area contributed by atoms with Gasteiger partial charge in [-0.25, -0.2) is 4.98 Å². The number of carbonyl (C=O) groups is 1. The summed E-state index contributed by atoms with van der Waals surface area (Å²) in [7, 11) is 0. The molecule has 1 aromatic heterocycles. The molecule has 2 aliphatic rings. The molecule has 0 radical (unpaired) electrons. The molecular formula is C14H19NO2S. The van der Waals surface area contributed by atoms with Crippen LogP contribution < -0.4 is 0 Å². The number of ether oxygens (including phenoxy) is 1. The van der Waals surface area contributed by atoms with Crippen molar-refractivity contribution >= 4 is 17.3 Å². The third kappa shape index (κ3) is 2.44. The van der Waals surface area contributed by atoms with E-state index in [1.807, 2.05) is 18.3 Å². The fourth-order valence-corrected chi connectivity index (χ4v) is 3.88. The Hall–Kier alpha value is -0.900. The molecule has 0 saturated heterocycles. The Labute approximate surface area is 112 Å². The largest absolute Gasteiger partial charge is 0.465 e. The van der Waals surface area contributed by atoms with Gasteiger partial charge in [0.1, 0.15) is 5.92 Å². The topological polar surface area (TPSA) is 39.2 Å². The first-order valence-corrected chi connectivity index (χ1v) is 7.74. The van der Waals surface area contributed by atoms with Crippen LogP contribution >= 0.6 is 11.3 Å². The molecule has 4 heteroatoms. The van der Waals surface area contributed by atoms with Crippen molar-refractivity contribution in [3.8, 4) is 0 Å². The highest BCUT2D eigenvalue weighted by molar-refractivity contribution is 7.11. The number of rotatable bonds is 4. The van der Waals surface area contributed by atoms with Crippen molar-refractivity contribution in [1.29, 1.82) is 0 Å². The molecule has 0 amide bonds. The molecule has 3 rings (SSSR count). The SMILES string of the molecule is CCOC(=O)C1CCCc2sc(CC3CC3)nc21. The Balaban J connectivity index is 1.80. The van der Waals surface area contributed by atoms with Gasteiger partial charge in [0.25, 0.3) is 0 Å². The number of aryl methyl sites for hydroxylation is 1. The summed E-state index contributed by atoms with van der Waals surface area (Å²) in [5, 5.41) is 1.23. The van der Waals surface area contributed by atoms with Gasteiger partial charge in [-0.05, 0) is 44.9 Å². The van der Waals surface area contributed by atoms with Gasteiger partial charge in [0.15, 0.2) is 0 Å². The summed E-state index contributed by atoms with van der Waals surface area (Å²) in [6.07, 6.45) is 6.90. The second-order valence-corrected chi connectivity index (χ2v) is 6.43. The van der Waals surface area contributed by atoms with Crippen molar-refractivity contribution in [1.82, 2.24) is 4.98 Å². The van der Waals surface area contributed by atoms with Crippen molar-refractivity contribution in [2.45, 2.75) is 51.4 Å². The van der Waals surface area contributed by atoms with Crippen molar-refractivity contribution in [2.75, 3.05) is 6.61 Å². The van der Waals surface area contributed by atoms with Crippen LogP contribution in [-0.2, 0) is 22.4 Å². The highest BCUT2D eigenvalue weighted by Crippen LogP contribution is 2.39. The lowest BCUT2D eigenvalue weighted by Gasteiger charge is -2.19. The number of thiazole rings is 1. The van der Waals surface area contributed by atoms with Gasteiger partial charge in [-0.1, -0.05) is 0 Å². The van der Waals surface area contributed by atoms with Crippen LogP contribution in [-0.4, -0.2) is 17.6 Å². The van der Waals surface area contributed by atoms with E-state index in [1.54, 1.807) is 0 Å². The molecule has 0 aromatic carbocycles. The molecule has 1 heterocycles. The van der Waals surface area contributed by atoms with Crippen LogP contribution in [0.3, 0.4) is 0 Å². The highest BCUT2D eigenvalue weighted by Gasteiger charge is 2.32. The minimum Gasteiger partial charge on any atom is -0.465 e. The van der Waals surface area contributed by atoms with Gasteiger partial charge in [-0.2, -0.15) is 0 Å². The Morgan fingerprint density at radius 3 is 3.00 bits per heavy atom. The second kappa shape index (κ2) is 5.00. The van der Waals surface area contributed by atoms with Gasteiger partial charge in [0, 0.05) is 11.3 Å². The zero-order valence-corrected chi connectivity index (χ0v) is 11.6. The van der Waals surface area contributed by atoms with E-state index in [0.29, 0.717) is 6.61 Å². The van der Waals surface area contributed by atoms with Gasteiger partial charge in [-0.15, -0.1) is 11.3 Å². The number of hydrogen-bond donors (Lipinski definition) is 0. The zero-order valence-electron chi connectivity index (χ0n) is 10.8. The molecule has 2 aliphatic carbocycles. The number of carbonyl (C=O) groups excluding carboxylic acids is 1. The van der Waals surface area contributed by atoms with Crippen LogP contribution in [0.4, 0.5) is 0 Å². The number of nitrogens with zero attached hydrogens (tertiary/aromatic N) is 1. The first kappa shape index (κ1) is 12.2. The van der Waals surface area contributed by atoms with Crippen molar-refractivity contribution in [3.05, 3.63) is 15.6 Å². The van der Waals surface area contributed by atoms with Gasteiger partial charge in [0.05, 0.1) is 17.3 Å².